The molecular formula is C19H17N3O2. The van der Waals surface area contributed by atoms with Crippen molar-refractivity contribution in [3.63, 3.8) is 0 Å². The highest BCUT2D eigenvalue weighted by Gasteiger charge is 2.37. The van der Waals surface area contributed by atoms with Crippen molar-refractivity contribution in [3.8, 4) is 5.75 Å². The maximum Gasteiger partial charge on any atom is 0.250 e. The zero-order valence-electron chi connectivity index (χ0n) is 13.2. The first-order valence-electron chi connectivity index (χ1n) is 7.88. The van der Waals surface area contributed by atoms with Gasteiger partial charge in [-0.3, -0.25) is 9.69 Å². The van der Waals surface area contributed by atoms with Crippen LogP contribution in [0.15, 0.2) is 65.4 Å². The van der Waals surface area contributed by atoms with E-state index in [2.05, 4.69) is 5.32 Å². The summed E-state index contributed by atoms with van der Waals surface area (Å²) in [6, 6.07) is 16.5. The van der Waals surface area contributed by atoms with Crippen molar-refractivity contribution in [1.29, 1.82) is 0 Å². The standard InChI is InChI=1S/C19H17N3O2/c1-12-19(24)22-11-16(13-5-3-2-4-6-13)21-17(18(22)20-12)14-7-9-15(23)10-8-14/h2-10,12,20,23H,11H2,1H3. The van der Waals surface area contributed by atoms with E-state index in [9.17, 15) is 9.90 Å². The average Bonchev–Trinajstić information content (AvgIpc) is 2.90. The molecule has 2 aliphatic rings. The molecule has 1 unspecified atom stereocenters. The molecule has 0 aliphatic carbocycles. The van der Waals surface area contributed by atoms with E-state index in [1.807, 2.05) is 49.4 Å². The summed E-state index contributed by atoms with van der Waals surface area (Å²) in [5.74, 6) is 0.982. The lowest BCUT2D eigenvalue weighted by Gasteiger charge is -2.25. The highest BCUT2D eigenvalue weighted by Crippen LogP contribution is 2.31. The molecule has 2 aromatic rings. The van der Waals surface area contributed by atoms with E-state index in [-0.39, 0.29) is 17.7 Å². The Morgan fingerprint density at radius 3 is 2.50 bits per heavy atom. The molecule has 0 spiro atoms. The van der Waals surface area contributed by atoms with Crippen molar-refractivity contribution < 1.29 is 9.90 Å². The number of carbonyl (C=O) groups excluding carboxylic acids is 1. The lowest BCUT2D eigenvalue weighted by molar-refractivity contribution is -0.127. The van der Waals surface area contributed by atoms with Crippen LogP contribution in [-0.4, -0.2) is 34.2 Å². The van der Waals surface area contributed by atoms with Crippen molar-refractivity contribution in [3.05, 3.63) is 71.5 Å². The Morgan fingerprint density at radius 2 is 1.79 bits per heavy atom. The summed E-state index contributed by atoms with van der Waals surface area (Å²) in [7, 11) is 0. The highest BCUT2D eigenvalue weighted by molar-refractivity contribution is 6.09. The molecule has 2 N–H and O–H groups in total. The minimum Gasteiger partial charge on any atom is -0.508 e. The van der Waals surface area contributed by atoms with Gasteiger partial charge in [-0.15, -0.1) is 0 Å². The number of nitrogens with zero attached hydrogens (tertiary/aromatic N) is 2. The number of aliphatic imine (C=N–C) groups is 1. The number of amides is 1. The van der Waals surface area contributed by atoms with E-state index >= 15 is 0 Å². The predicted molar refractivity (Wildman–Crippen MR) is 92.3 cm³/mol. The summed E-state index contributed by atoms with van der Waals surface area (Å²) >= 11 is 0. The molecule has 0 radical (unpaired) electrons. The maximum absolute atomic E-state index is 12.5. The SMILES string of the molecule is CC1NC2=C(c3ccc(O)cc3)N=C(c3ccccc3)CN2C1=O. The summed E-state index contributed by atoms with van der Waals surface area (Å²) in [4.78, 5) is 19.1. The van der Waals surface area contributed by atoms with Crippen LogP contribution in [0, 0.1) is 0 Å². The second-order valence-corrected chi connectivity index (χ2v) is 5.96. The lowest BCUT2D eigenvalue weighted by Crippen LogP contribution is -2.35. The number of hydrogen-bond donors (Lipinski definition) is 2. The fourth-order valence-corrected chi connectivity index (χ4v) is 3.02. The third-order valence-corrected chi connectivity index (χ3v) is 4.29. The molecule has 1 saturated heterocycles. The van der Waals surface area contributed by atoms with Gasteiger partial charge in [0.2, 0.25) is 0 Å². The summed E-state index contributed by atoms with van der Waals surface area (Å²) in [6.45, 7) is 2.31. The van der Waals surface area contributed by atoms with E-state index in [0.717, 1.165) is 28.4 Å². The monoisotopic (exact) mass is 319 g/mol. The van der Waals surface area contributed by atoms with Gasteiger partial charge in [-0.1, -0.05) is 30.3 Å². The normalized spacial score (nSPS) is 19.9. The van der Waals surface area contributed by atoms with Gasteiger partial charge in [0.1, 0.15) is 23.3 Å². The molecule has 1 atom stereocenters. The molecule has 2 aromatic carbocycles. The van der Waals surface area contributed by atoms with E-state index in [1.54, 1.807) is 17.0 Å². The van der Waals surface area contributed by atoms with E-state index < -0.39 is 0 Å². The topological polar surface area (TPSA) is 64.9 Å². The minimum absolute atomic E-state index is 0.0459. The van der Waals surface area contributed by atoms with Gasteiger partial charge >= 0.3 is 0 Å². The molecule has 0 saturated carbocycles. The Morgan fingerprint density at radius 1 is 1.08 bits per heavy atom. The van der Waals surface area contributed by atoms with Crippen molar-refractivity contribution >= 4 is 17.3 Å². The summed E-state index contributed by atoms with van der Waals surface area (Å²) in [5, 5.41) is 12.8. The smallest absolute Gasteiger partial charge is 0.250 e. The number of phenolic OH excluding ortho intramolecular Hbond substituents is 1. The Kier molecular flexibility index (Phi) is 3.34. The minimum atomic E-state index is -0.266. The Balaban J connectivity index is 1.86. The number of benzene rings is 2. The molecule has 2 aliphatic heterocycles. The van der Waals surface area contributed by atoms with Gasteiger partial charge in [0.15, 0.2) is 0 Å². The zero-order chi connectivity index (χ0) is 16.7. The van der Waals surface area contributed by atoms with Crippen LogP contribution in [0.1, 0.15) is 18.1 Å². The number of hydrogen-bond acceptors (Lipinski definition) is 4. The number of phenols is 1. The van der Waals surface area contributed by atoms with Gasteiger partial charge in [-0.25, -0.2) is 4.99 Å². The van der Waals surface area contributed by atoms with Gasteiger partial charge in [-0.2, -0.15) is 0 Å². The fraction of sp³-hybridized carbons (Fsp3) is 0.158. The Hall–Kier alpha value is -3.08. The molecule has 0 aromatic heterocycles. The first-order valence-corrected chi connectivity index (χ1v) is 7.88. The summed E-state index contributed by atoms with van der Waals surface area (Å²) in [5.41, 5.74) is 3.43. The largest absolute Gasteiger partial charge is 0.508 e. The van der Waals surface area contributed by atoms with Crippen molar-refractivity contribution in [2.24, 2.45) is 4.99 Å². The Bertz CT molecular complexity index is 854. The van der Waals surface area contributed by atoms with E-state index in [1.165, 1.54) is 0 Å². The first kappa shape index (κ1) is 14.5. The summed E-state index contributed by atoms with van der Waals surface area (Å²) < 4.78 is 0. The van der Waals surface area contributed by atoms with Gasteiger partial charge < -0.3 is 10.4 Å². The van der Waals surface area contributed by atoms with Crippen LogP contribution in [0.4, 0.5) is 0 Å². The molecule has 1 fully saturated rings. The molecule has 2 heterocycles. The second-order valence-electron chi connectivity index (χ2n) is 5.96. The molecule has 5 heteroatoms. The first-order chi connectivity index (χ1) is 11.6. The van der Waals surface area contributed by atoms with Crippen molar-refractivity contribution in [2.75, 3.05) is 6.54 Å². The Labute approximate surface area is 140 Å². The fourth-order valence-electron chi connectivity index (χ4n) is 3.02. The number of aromatic hydroxyl groups is 1. The third kappa shape index (κ3) is 2.34. The van der Waals surface area contributed by atoms with E-state index in [4.69, 9.17) is 4.99 Å². The van der Waals surface area contributed by atoms with Crippen LogP contribution in [0.25, 0.3) is 5.70 Å². The average molecular weight is 319 g/mol. The quantitative estimate of drug-likeness (QED) is 0.893. The van der Waals surface area contributed by atoms with Crippen LogP contribution in [0.2, 0.25) is 0 Å². The number of rotatable bonds is 2. The number of carbonyl (C=O) groups is 1. The van der Waals surface area contributed by atoms with Crippen LogP contribution in [-0.2, 0) is 4.79 Å². The summed E-state index contributed by atoms with van der Waals surface area (Å²) in [6.07, 6.45) is 0. The van der Waals surface area contributed by atoms with Crippen molar-refractivity contribution in [1.82, 2.24) is 10.2 Å². The molecule has 0 bridgehead atoms. The lowest BCUT2D eigenvalue weighted by atomic mass is 10.1. The molecule has 24 heavy (non-hydrogen) atoms. The number of fused-ring (bicyclic) bond motifs is 1. The van der Waals surface area contributed by atoms with Crippen LogP contribution in [0.3, 0.4) is 0 Å². The van der Waals surface area contributed by atoms with Crippen LogP contribution in [0.5, 0.6) is 5.75 Å². The predicted octanol–water partition coefficient (Wildman–Crippen LogP) is 2.34. The molecule has 1 amide bonds. The van der Waals surface area contributed by atoms with Gasteiger partial charge in [-0.05, 0) is 36.8 Å². The van der Waals surface area contributed by atoms with Gasteiger partial charge in [0, 0.05) is 5.56 Å². The van der Waals surface area contributed by atoms with Gasteiger partial charge in [0.05, 0.1) is 12.3 Å². The highest BCUT2D eigenvalue weighted by atomic mass is 16.3. The molecule has 120 valence electrons. The third-order valence-electron chi connectivity index (χ3n) is 4.29. The molecular weight excluding hydrogens is 302 g/mol. The molecule has 5 nitrogen and oxygen atoms in total. The van der Waals surface area contributed by atoms with E-state index in [0.29, 0.717) is 6.54 Å². The van der Waals surface area contributed by atoms with Crippen LogP contribution < -0.4 is 5.32 Å². The number of nitrogens with one attached hydrogen (secondary N) is 1. The second kappa shape index (κ2) is 5.53. The van der Waals surface area contributed by atoms with Crippen molar-refractivity contribution in [2.45, 2.75) is 13.0 Å². The maximum atomic E-state index is 12.5. The van der Waals surface area contributed by atoms with Crippen LogP contribution >= 0.6 is 0 Å². The zero-order valence-corrected chi connectivity index (χ0v) is 13.2. The molecule has 4 rings (SSSR count). The van der Waals surface area contributed by atoms with Gasteiger partial charge in [0.25, 0.3) is 5.91 Å².